The van der Waals surface area contributed by atoms with Gasteiger partial charge in [-0.15, -0.1) is 0 Å². The minimum atomic E-state index is 1.07. The maximum Gasteiger partial charge on any atom is 0.0751 e. The van der Waals surface area contributed by atoms with Crippen LogP contribution in [0.4, 0.5) is 5.69 Å². The van der Waals surface area contributed by atoms with Crippen molar-refractivity contribution in [1.29, 1.82) is 0 Å². The molecule has 1 aliphatic rings. The molecule has 0 aliphatic carbocycles. The van der Waals surface area contributed by atoms with Crippen molar-refractivity contribution in [2.24, 2.45) is 0 Å². The highest BCUT2D eigenvalue weighted by Crippen LogP contribution is 2.27. The van der Waals surface area contributed by atoms with Gasteiger partial charge in [0.1, 0.15) is 0 Å². The number of nitrogens with one attached hydrogen (secondary N) is 1. The van der Waals surface area contributed by atoms with Crippen molar-refractivity contribution in [3.63, 3.8) is 0 Å². The molecule has 0 amide bonds. The number of aromatic nitrogens is 1. The van der Waals surface area contributed by atoms with Gasteiger partial charge >= 0.3 is 0 Å². The first-order valence-corrected chi connectivity index (χ1v) is 6.16. The monoisotopic (exact) mass is 227 g/mol. The van der Waals surface area contributed by atoms with Crippen molar-refractivity contribution in [3.8, 4) is 0 Å². The Labute approximate surface area is 101 Å². The van der Waals surface area contributed by atoms with Gasteiger partial charge in [-0.25, -0.2) is 0 Å². The first kappa shape index (κ1) is 10.5. The molecule has 1 N–H and O–H groups in total. The van der Waals surface area contributed by atoms with Crippen LogP contribution in [0.5, 0.6) is 0 Å². The third kappa shape index (κ3) is 1.87. The summed E-state index contributed by atoms with van der Waals surface area (Å²) in [6, 6.07) is 8.59. The Morgan fingerprint density at radius 3 is 2.82 bits per heavy atom. The first-order valence-electron chi connectivity index (χ1n) is 6.16. The van der Waals surface area contributed by atoms with Gasteiger partial charge in [-0.3, -0.25) is 4.98 Å². The molecule has 0 radical (unpaired) electrons. The molecule has 3 rings (SSSR count). The van der Waals surface area contributed by atoms with Crippen LogP contribution in [0.25, 0.3) is 10.9 Å². The van der Waals surface area contributed by atoms with E-state index in [4.69, 9.17) is 0 Å². The zero-order valence-corrected chi connectivity index (χ0v) is 10.1. The molecule has 17 heavy (non-hydrogen) atoms. The van der Waals surface area contributed by atoms with Gasteiger partial charge in [0.15, 0.2) is 0 Å². The van der Waals surface area contributed by atoms with Crippen LogP contribution in [0.2, 0.25) is 0 Å². The van der Waals surface area contributed by atoms with Crippen molar-refractivity contribution >= 4 is 16.6 Å². The number of aryl methyl sites for hydroxylation is 1. The third-order valence-corrected chi connectivity index (χ3v) is 3.41. The highest BCUT2D eigenvalue weighted by molar-refractivity contribution is 5.93. The Morgan fingerprint density at radius 2 is 2.00 bits per heavy atom. The Balaban J connectivity index is 2.12. The van der Waals surface area contributed by atoms with Gasteiger partial charge in [-0.2, -0.15) is 0 Å². The molecule has 0 bridgehead atoms. The van der Waals surface area contributed by atoms with Crippen molar-refractivity contribution in [3.05, 3.63) is 36.0 Å². The molecule has 2 aromatic rings. The zero-order valence-electron chi connectivity index (χ0n) is 10.1. The predicted octanol–water partition coefficient (Wildman–Crippen LogP) is 1.95. The topological polar surface area (TPSA) is 28.2 Å². The Hall–Kier alpha value is -1.61. The Bertz CT molecular complexity index is 530. The average molecular weight is 227 g/mol. The smallest absolute Gasteiger partial charge is 0.0751 e. The molecule has 0 saturated carbocycles. The molecular formula is C14H17N3. The lowest BCUT2D eigenvalue weighted by atomic mass is 10.1. The maximum atomic E-state index is 4.49. The normalized spacial score (nSPS) is 16.4. The molecule has 1 aromatic heterocycles. The van der Waals surface area contributed by atoms with Gasteiger partial charge in [0.2, 0.25) is 0 Å². The van der Waals surface area contributed by atoms with E-state index in [1.807, 2.05) is 12.3 Å². The van der Waals surface area contributed by atoms with Crippen molar-refractivity contribution < 1.29 is 0 Å². The number of rotatable bonds is 1. The lowest BCUT2D eigenvalue weighted by molar-refractivity contribution is 0.590. The molecule has 1 fully saturated rings. The summed E-state index contributed by atoms with van der Waals surface area (Å²) < 4.78 is 0. The number of pyridine rings is 1. The van der Waals surface area contributed by atoms with Gasteiger partial charge in [0.25, 0.3) is 0 Å². The maximum absolute atomic E-state index is 4.49. The molecule has 1 aliphatic heterocycles. The second-order valence-electron chi connectivity index (χ2n) is 4.54. The number of fused-ring (bicyclic) bond motifs is 1. The highest BCUT2D eigenvalue weighted by Gasteiger charge is 2.13. The number of anilines is 1. The molecule has 3 heteroatoms. The van der Waals surface area contributed by atoms with E-state index in [2.05, 4.69) is 40.3 Å². The summed E-state index contributed by atoms with van der Waals surface area (Å²) in [6.07, 6.45) is 1.87. The second-order valence-corrected chi connectivity index (χ2v) is 4.54. The van der Waals surface area contributed by atoms with E-state index >= 15 is 0 Å². The van der Waals surface area contributed by atoms with E-state index in [0.29, 0.717) is 0 Å². The van der Waals surface area contributed by atoms with Gasteiger partial charge in [0, 0.05) is 43.4 Å². The molecule has 88 valence electrons. The number of hydrogen-bond donors (Lipinski definition) is 1. The van der Waals surface area contributed by atoms with Gasteiger partial charge in [0.05, 0.1) is 5.52 Å². The van der Waals surface area contributed by atoms with Crippen molar-refractivity contribution in [1.82, 2.24) is 10.3 Å². The minimum absolute atomic E-state index is 1.07. The largest absolute Gasteiger partial charge is 0.368 e. The van der Waals surface area contributed by atoms with Crippen molar-refractivity contribution in [2.45, 2.75) is 6.92 Å². The van der Waals surface area contributed by atoms with Crippen LogP contribution >= 0.6 is 0 Å². The molecule has 2 heterocycles. The van der Waals surface area contributed by atoms with E-state index in [-0.39, 0.29) is 0 Å². The summed E-state index contributed by atoms with van der Waals surface area (Å²) in [7, 11) is 0. The standard InChI is InChI=1S/C14H17N3/c1-11-4-5-13(17-9-7-15-8-10-17)12-3-2-6-16-14(11)12/h2-6,15H,7-10H2,1H3. The summed E-state index contributed by atoms with van der Waals surface area (Å²) in [5.74, 6) is 0. The minimum Gasteiger partial charge on any atom is -0.368 e. The molecule has 0 atom stereocenters. The summed E-state index contributed by atoms with van der Waals surface area (Å²) in [4.78, 5) is 6.94. The number of nitrogens with zero attached hydrogens (tertiary/aromatic N) is 2. The molecule has 1 aromatic carbocycles. The van der Waals surface area contributed by atoms with E-state index in [9.17, 15) is 0 Å². The summed E-state index contributed by atoms with van der Waals surface area (Å²) >= 11 is 0. The van der Waals surface area contributed by atoms with Crippen LogP contribution in [-0.2, 0) is 0 Å². The number of piperazine rings is 1. The van der Waals surface area contributed by atoms with Crippen LogP contribution in [0, 0.1) is 6.92 Å². The summed E-state index contributed by atoms with van der Waals surface area (Å²) in [6.45, 7) is 6.41. The average Bonchev–Trinajstić information content (AvgIpc) is 2.41. The first-order chi connectivity index (χ1) is 8.36. The fourth-order valence-electron chi connectivity index (χ4n) is 2.48. The molecule has 3 nitrogen and oxygen atoms in total. The van der Waals surface area contributed by atoms with E-state index < -0.39 is 0 Å². The van der Waals surface area contributed by atoms with Crippen LogP contribution in [0.1, 0.15) is 5.56 Å². The molecule has 0 unspecified atom stereocenters. The third-order valence-electron chi connectivity index (χ3n) is 3.41. The van der Waals surface area contributed by atoms with Crippen molar-refractivity contribution in [2.75, 3.05) is 31.1 Å². The Kier molecular flexibility index (Phi) is 2.69. The van der Waals surface area contributed by atoms with Crippen LogP contribution in [0.15, 0.2) is 30.5 Å². The lowest BCUT2D eigenvalue weighted by Crippen LogP contribution is -2.43. The number of benzene rings is 1. The predicted molar refractivity (Wildman–Crippen MR) is 71.6 cm³/mol. The van der Waals surface area contributed by atoms with E-state index in [1.54, 1.807) is 0 Å². The van der Waals surface area contributed by atoms with Crippen LogP contribution < -0.4 is 10.2 Å². The van der Waals surface area contributed by atoms with Gasteiger partial charge in [-0.1, -0.05) is 6.07 Å². The highest BCUT2D eigenvalue weighted by atomic mass is 15.2. The summed E-state index contributed by atoms with van der Waals surface area (Å²) in [5, 5.41) is 4.66. The SMILES string of the molecule is Cc1ccc(N2CCNCC2)c2cccnc12. The quantitative estimate of drug-likeness (QED) is 0.807. The molecule has 0 spiro atoms. The van der Waals surface area contributed by atoms with E-state index in [0.717, 1.165) is 31.7 Å². The van der Waals surface area contributed by atoms with Crippen LogP contribution in [0.3, 0.4) is 0 Å². The second kappa shape index (κ2) is 4.34. The van der Waals surface area contributed by atoms with E-state index in [1.165, 1.54) is 16.6 Å². The summed E-state index contributed by atoms with van der Waals surface area (Å²) in [5.41, 5.74) is 3.70. The fraction of sp³-hybridized carbons (Fsp3) is 0.357. The lowest BCUT2D eigenvalue weighted by Gasteiger charge is -2.30. The van der Waals surface area contributed by atoms with Crippen LogP contribution in [-0.4, -0.2) is 31.2 Å². The fourth-order valence-corrected chi connectivity index (χ4v) is 2.48. The number of hydrogen-bond acceptors (Lipinski definition) is 3. The zero-order chi connectivity index (χ0) is 11.7. The molecular weight excluding hydrogens is 210 g/mol. The van der Waals surface area contributed by atoms with Gasteiger partial charge in [-0.05, 0) is 30.7 Å². The van der Waals surface area contributed by atoms with Gasteiger partial charge < -0.3 is 10.2 Å². The molecule has 1 saturated heterocycles. The Morgan fingerprint density at radius 1 is 1.18 bits per heavy atom.